The van der Waals surface area contributed by atoms with E-state index in [0.29, 0.717) is 13.0 Å². The van der Waals surface area contributed by atoms with E-state index in [2.05, 4.69) is 27.4 Å². The number of unbranched alkanes of at least 4 members (excludes halogenated alkanes) is 2. The Bertz CT molecular complexity index is 458. The Hall–Kier alpha value is -1.58. The molecule has 2 amide bonds. The maximum atomic E-state index is 13.1. The van der Waals surface area contributed by atoms with Crippen LogP contribution in [0.5, 0.6) is 0 Å². The third-order valence-electron chi connectivity index (χ3n) is 4.69. The molecule has 1 unspecified atom stereocenters. The third kappa shape index (κ3) is 4.69. The molecule has 0 aromatic rings. The number of rotatable bonds is 9. The van der Waals surface area contributed by atoms with Crippen molar-refractivity contribution < 1.29 is 14.3 Å². The van der Waals surface area contributed by atoms with E-state index >= 15 is 0 Å². The first kappa shape index (κ1) is 19.5. The fourth-order valence-electron chi connectivity index (χ4n) is 2.83. The average molecular weight is 321 g/mol. The van der Waals surface area contributed by atoms with Gasteiger partial charge in [-0.25, -0.2) is 9.69 Å². The number of carbonyl (C=O) groups excluding carboxylic acids is 2. The molecule has 0 aliphatic carbocycles. The van der Waals surface area contributed by atoms with E-state index in [4.69, 9.17) is 4.74 Å². The van der Waals surface area contributed by atoms with Gasteiger partial charge in [-0.05, 0) is 25.7 Å². The predicted molar refractivity (Wildman–Crippen MR) is 93.0 cm³/mol. The molecule has 0 saturated carbocycles. The average Bonchev–Trinajstić information content (AvgIpc) is 2.92. The molecule has 0 bridgehead atoms. The van der Waals surface area contributed by atoms with Gasteiger partial charge in [-0.3, -0.25) is 4.79 Å². The maximum Gasteiger partial charge on any atom is 0.417 e. The van der Waals surface area contributed by atoms with Crippen molar-refractivity contribution >= 4 is 12.0 Å². The fourth-order valence-corrected chi connectivity index (χ4v) is 2.83. The molecule has 0 N–H and O–H groups in total. The van der Waals surface area contributed by atoms with Crippen LogP contribution in [-0.4, -0.2) is 29.5 Å². The summed E-state index contributed by atoms with van der Waals surface area (Å²) >= 11 is 0. The third-order valence-corrected chi connectivity index (χ3v) is 4.69. The summed E-state index contributed by atoms with van der Waals surface area (Å²) in [4.78, 5) is 26.5. The van der Waals surface area contributed by atoms with E-state index in [9.17, 15) is 9.59 Å². The van der Waals surface area contributed by atoms with Gasteiger partial charge in [0.25, 0.3) is 0 Å². The van der Waals surface area contributed by atoms with E-state index < -0.39 is 11.5 Å². The fraction of sp³-hybridized carbons (Fsp3) is 0.684. The molecule has 1 heterocycles. The minimum absolute atomic E-state index is 0.173. The normalized spacial score (nSPS) is 22.0. The van der Waals surface area contributed by atoms with Gasteiger partial charge in [0.1, 0.15) is 6.61 Å². The van der Waals surface area contributed by atoms with E-state index in [0.717, 1.165) is 25.7 Å². The number of carbonyl (C=O) groups is 2. The summed E-state index contributed by atoms with van der Waals surface area (Å²) in [6, 6.07) is -0.173. The van der Waals surface area contributed by atoms with Crippen LogP contribution >= 0.6 is 0 Å². The lowest BCUT2D eigenvalue weighted by Gasteiger charge is -2.32. The number of cyclic esters (lactones) is 1. The number of amides is 2. The molecule has 0 radical (unpaired) electrons. The van der Waals surface area contributed by atoms with Crippen LogP contribution in [0.4, 0.5) is 4.79 Å². The molecule has 3 atom stereocenters. The SMILES string of the molecule is C=CC[C@](C)(/C=C/CCCC)C(=O)N1C(=O)OC[C@@H]1C(C)CC. The van der Waals surface area contributed by atoms with Crippen LogP contribution in [0.3, 0.4) is 0 Å². The zero-order valence-corrected chi connectivity index (χ0v) is 15.0. The van der Waals surface area contributed by atoms with Crippen LogP contribution in [0, 0.1) is 11.3 Å². The van der Waals surface area contributed by atoms with E-state index in [-0.39, 0.29) is 17.9 Å². The molecule has 1 rings (SSSR count). The van der Waals surface area contributed by atoms with Crippen molar-refractivity contribution in [2.75, 3.05) is 6.61 Å². The first-order chi connectivity index (χ1) is 10.9. The second kappa shape index (κ2) is 8.90. The highest BCUT2D eigenvalue weighted by atomic mass is 16.6. The largest absolute Gasteiger partial charge is 0.447 e. The Morgan fingerprint density at radius 1 is 1.52 bits per heavy atom. The van der Waals surface area contributed by atoms with Gasteiger partial charge in [0.2, 0.25) is 5.91 Å². The summed E-state index contributed by atoms with van der Waals surface area (Å²) in [5.74, 6) is 0.0420. The van der Waals surface area contributed by atoms with Crippen molar-refractivity contribution in [3.63, 3.8) is 0 Å². The highest BCUT2D eigenvalue weighted by Crippen LogP contribution is 2.32. The summed E-state index contributed by atoms with van der Waals surface area (Å²) in [6.07, 6.45) is 9.76. The van der Waals surface area contributed by atoms with Crippen LogP contribution in [0.2, 0.25) is 0 Å². The summed E-state index contributed by atoms with van der Waals surface area (Å²) in [5, 5.41) is 0. The molecule has 0 aromatic heterocycles. The van der Waals surface area contributed by atoms with Crippen LogP contribution in [0.15, 0.2) is 24.8 Å². The van der Waals surface area contributed by atoms with Gasteiger partial charge >= 0.3 is 6.09 Å². The minimum atomic E-state index is -0.745. The van der Waals surface area contributed by atoms with Crippen molar-refractivity contribution in [3.05, 3.63) is 24.8 Å². The number of imide groups is 1. The minimum Gasteiger partial charge on any atom is -0.447 e. The van der Waals surface area contributed by atoms with Gasteiger partial charge < -0.3 is 4.74 Å². The lowest BCUT2D eigenvalue weighted by molar-refractivity contribution is -0.137. The van der Waals surface area contributed by atoms with Gasteiger partial charge in [-0.2, -0.15) is 0 Å². The zero-order valence-electron chi connectivity index (χ0n) is 15.0. The topological polar surface area (TPSA) is 46.6 Å². The Morgan fingerprint density at radius 3 is 2.78 bits per heavy atom. The molecule has 1 fully saturated rings. The molecule has 4 nitrogen and oxygen atoms in total. The summed E-state index contributed by atoms with van der Waals surface area (Å²) in [5.41, 5.74) is -0.745. The van der Waals surface area contributed by atoms with Crippen molar-refractivity contribution in [3.8, 4) is 0 Å². The molecular formula is C19H31NO3. The van der Waals surface area contributed by atoms with E-state index in [1.165, 1.54) is 4.90 Å². The Kier molecular flexibility index (Phi) is 7.53. The number of nitrogens with zero attached hydrogens (tertiary/aromatic N) is 1. The lowest BCUT2D eigenvalue weighted by atomic mass is 9.83. The molecule has 23 heavy (non-hydrogen) atoms. The van der Waals surface area contributed by atoms with Gasteiger partial charge in [0.15, 0.2) is 0 Å². The Balaban J connectivity index is 3.00. The maximum absolute atomic E-state index is 13.1. The van der Waals surface area contributed by atoms with Crippen molar-refractivity contribution in [1.82, 2.24) is 4.90 Å². The molecule has 0 aromatic carbocycles. The number of hydrogen-bond acceptors (Lipinski definition) is 3. The summed E-state index contributed by atoms with van der Waals surface area (Å²) in [7, 11) is 0. The molecule has 1 aliphatic rings. The first-order valence-corrected chi connectivity index (χ1v) is 8.70. The number of allylic oxidation sites excluding steroid dienone is 2. The van der Waals surface area contributed by atoms with Crippen molar-refractivity contribution in [2.45, 2.75) is 65.8 Å². The smallest absolute Gasteiger partial charge is 0.417 e. The summed E-state index contributed by atoms with van der Waals surface area (Å²) < 4.78 is 5.15. The Morgan fingerprint density at radius 2 is 2.22 bits per heavy atom. The Labute approximate surface area is 140 Å². The van der Waals surface area contributed by atoms with Crippen LogP contribution in [0.1, 0.15) is 59.8 Å². The van der Waals surface area contributed by atoms with Crippen molar-refractivity contribution in [1.29, 1.82) is 0 Å². The van der Waals surface area contributed by atoms with Gasteiger partial charge in [-0.15, -0.1) is 6.58 Å². The summed E-state index contributed by atoms with van der Waals surface area (Å²) in [6.45, 7) is 12.2. The molecule has 4 heteroatoms. The van der Waals surface area contributed by atoms with Gasteiger partial charge in [0, 0.05) is 0 Å². The van der Waals surface area contributed by atoms with Gasteiger partial charge in [-0.1, -0.05) is 58.3 Å². The second-order valence-electron chi connectivity index (χ2n) is 6.66. The standard InChI is InChI=1S/C19H31NO3/c1-6-9-10-11-13-19(5,12-7-2)17(21)20-16(15(4)8-3)14-23-18(20)22/h7,11,13,15-16H,2,6,8-10,12,14H2,1,3-5H3/b13-11+/t15?,16-,19-/m1/s1. The highest BCUT2D eigenvalue weighted by molar-refractivity contribution is 5.97. The second-order valence-corrected chi connectivity index (χ2v) is 6.66. The monoisotopic (exact) mass is 321 g/mol. The predicted octanol–water partition coefficient (Wildman–Crippen LogP) is 4.71. The number of hydrogen-bond donors (Lipinski definition) is 0. The molecule has 1 aliphatic heterocycles. The molecule has 0 spiro atoms. The van der Waals surface area contributed by atoms with Crippen LogP contribution < -0.4 is 0 Å². The van der Waals surface area contributed by atoms with Gasteiger partial charge in [0.05, 0.1) is 11.5 Å². The van der Waals surface area contributed by atoms with E-state index in [1.54, 1.807) is 6.08 Å². The number of ether oxygens (including phenoxy) is 1. The first-order valence-electron chi connectivity index (χ1n) is 8.70. The lowest BCUT2D eigenvalue weighted by Crippen LogP contribution is -2.48. The quantitative estimate of drug-likeness (QED) is 0.456. The highest BCUT2D eigenvalue weighted by Gasteiger charge is 2.45. The zero-order chi connectivity index (χ0) is 17.5. The van der Waals surface area contributed by atoms with Crippen LogP contribution in [-0.2, 0) is 9.53 Å². The van der Waals surface area contributed by atoms with Crippen molar-refractivity contribution in [2.24, 2.45) is 11.3 Å². The van der Waals surface area contributed by atoms with Crippen LogP contribution in [0.25, 0.3) is 0 Å². The molecule has 1 saturated heterocycles. The molecule has 130 valence electrons. The molecular weight excluding hydrogens is 290 g/mol. The van der Waals surface area contributed by atoms with E-state index in [1.807, 2.05) is 19.1 Å².